The zero-order valence-corrected chi connectivity index (χ0v) is 11.8. The molecule has 1 aromatic rings. The first-order valence-corrected chi connectivity index (χ1v) is 7.33. The predicted molar refractivity (Wildman–Crippen MR) is 73.0 cm³/mol. The van der Waals surface area contributed by atoms with Gasteiger partial charge in [0, 0.05) is 35.4 Å². The van der Waals surface area contributed by atoms with Crippen LogP contribution in [0.2, 0.25) is 0 Å². The minimum absolute atomic E-state index is 0.189. The second-order valence-corrected chi connectivity index (χ2v) is 6.05. The molecule has 0 aliphatic rings. The summed E-state index contributed by atoms with van der Waals surface area (Å²) < 4.78 is 16.4. The van der Waals surface area contributed by atoms with Gasteiger partial charge in [0.1, 0.15) is 5.75 Å². The summed E-state index contributed by atoms with van der Waals surface area (Å²) in [4.78, 5) is 0. The Morgan fingerprint density at radius 1 is 1.47 bits per heavy atom. The number of aryl methyl sites for hydroxylation is 1. The summed E-state index contributed by atoms with van der Waals surface area (Å²) in [5, 5.41) is 3.50. The van der Waals surface area contributed by atoms with Crippen LogP contribution in [-0.2, 0) is 17.3 Å². The molecule has 17 heavy (non-hydrogen) atoms. The highest BCUT2D eigenvalue weighted by atomic mass is 32.2. The van der Waals surface area contributed by atoms with E-state index in [0.717, 1.165) is 24.4 Å². The molecular formula is C13H21NO2S. The number of hydrogen-bond donors (Lipinski definition) is 1. The van der Waals surface area contributed by atoms with E-state index < -0.39 is 10.8 Å². The summed E-state index contributed by atoms with van der Waals surface area (Å²) in [7, 11) is 0.919. The zero-order valence-electron chi connectivity index (χ0n) is 10.9. The Kier molecular flexibility index (Phi) is 5.65. The van der Waals surface area contributed by atoms with Crippen molar-refractivity contribution in [2.24, 2.45) is 0 Å². The molecular weight excluding hydrogens is 234 g/mol. The van der Waals surface area contributed by atoms with Crippen molar-refractivity contribution in [3.8, 4) is 5.75 Å². The molecule has 96 valence electrons. The van der Waals surface area contributed by atoms with Crippen molar-refractivity contribution in [2.75, 3.05) is 19.9 Å². The number of benzene rings is 1. The minimum Gasteiger partial charge on any atom is -0.496 e. The summed E-state index contributed by atoms with van der Waals surface area (Å²) in [6, 6.07) is 6.14. The van der Waals surface area contributed by atoms with Gasteiger partial charge in [-0.15, -0.1) is 0 Å². The van der Waals surface area contributed by atoms with E-state index >= 15 is 0 Å². The Bertz CT molecular complexity index is 393. The largest absolute Gasteiger partial charge is 0.496 e. The van der Waals surface area contributed by atoms with Crippen LogP contribution in [0.15, 0.2) is 18.2 Å². The molecule has 2 unspecified atom stereocenters. The molecule has 0 aliphatic heterocycles. The van der Waals surface area contributed by atoms with Crippen molar-refractivity contribution in [3.63, 3.8) is 0 Å². The maximum atomic E-state index is 11.2. The Hall–Kier alpha value is -0.870. The van der Waals surface area contributed by atoms with E-state index in [1.165, 1.54) is 5.56 Å². The summed E-state index contributed by atoms with van der Waals surface area (Å²) in [5.74, 6) is 0.914. The quantitative estimate of drug-likeness (QED) is 0.843. The fourth-order valence-corrected chi connectivity index (χ4v) is 1.94. The minimum atomic E-state index is -0.760. The smallest absolute Gasteiger partial charge is 0.121 e. The van der Waals surface area contributed by atoms with Gasteiger partial charge >= 0.3 is 0 Å². The number of methoxy groups -OCH3 is 1. The van der Waals surface area contributed by atoms with Gasteiger partial charge in [-0.2, -0.15) is 0 Å². The van der Waals surface area contributed by atoms with Crippen LogP contribution < -0.4 is 10.1 Å². The number of ether oxygens (including phenoxy) is 1. The standard InChI is InChI=1S/C13H21NO2S/c1-10-7-12(5-6-13(10)16-3)9-14-8-11(2)17(4)15/h5-7,11,14H,8-9H2,1-4H3. The van der Waals surface area contributed by atoms with E-state index in [4.69, 9.17) is 4.74 Å². The van der Waals surface area contributed by atoms with Crippen LogP contribution in [-0.4, -0.2) is 29.4 Å². The lowest BCUT2D eigenvalue weighted by Gasteiger charge is -2.11. The molecule has 0 aromatic heterocycles. The van der Waals surface area contributed by atoms with Crippen molar-refractivity contribution in [1.29, 1.82) is 0 Å². The molecule has 0 bridgehead atoms. The van der Waals surface area contributed by atoms with Gasteiger partial charge in [-0.25, -0.2) is 0 Å². The molecule has 1 rings (SSSR count). The Labute approximate surface area is 106 Å². The van der Waals surface area contributed by atoms with Crippen molar-refractivity contribution in [3.05, 3.63) is 29.3 Å². The van der Waals surface area contributed by atoms with Crippen LogP contribution in [0.3, 0.4) is 0 Å². The fourth-order valence-electron chi connectivity index (χ4n) is 1.59. The second kappa shape index (κ2) is 6.77. The summed E-state index contributed by atoms with van der Waals surface area (Å²) in [6.45, 7) is 5.59. The third-order valence-electron chi connectivity index (χ3n) is 2.79. The van der Waals surface area contributed by atoms with Crippen molar-refractivity contribution in [1.82, 2.24) is 5.32 Å². The van der Waals surface area contributed by atoms with E-state index in [1.807, 2.05) is 26.0 Å². The topological polar surface area (TPSA) is 38.3 Å². The molecule has 1 N–H and O–H groups in total. The highest BCUT2D eigenvalue weighted by Gasteiger charge is 2.05. The van der Waals surface area contributed by atoms with Crippen LogP contribution >= 0.6 is 0 Å². The van der Waals surface area contributed by atoms with E-state index in [0.29, 0.717) is 0 Å². The first kappa shape index (κ1) is 14.2. The van der Waals surface area contributed by atoms with Crippen LogP contribution in [0.25, 0.3) is 0 Å². The van der Waals surface area contributed by atoms with E-state index in [9.17, 15) is 4.21 Å². The van der Waals surface area contributed by atoms with Gasteiger partial charge in [0.25, 0.3) is 0 Å². The molecule has 4 heteroatoms. The van der Waals surface area contributed by atoms with Crippen LogP contribution in [0, 0.1) is 6.92 Å². The van der Waals surface area contributed by atoms with Crippen molar-refractivity contribution in [2.45, 2.75) is 25.6 Å². The molecule has 0 radical (unpaired) electrons. The molecule has 0 spiro atoms. The Morgan fingerprint density at radius 3 is 2.71 bits per heavy atom. The lowest BCUT2D eigenvalue weighted by molar-refractivity contribution is 0.411. The summed E-state index contributed by atoms with van der Waals surface area (Å²) >= 11 is 0. The number of nitrogens with one attached hydrogen (secondary N) is 1. The van der Waals surface area contributed by atoms with Gasteiger partial charge in [0.2, 0.25) is 0 Å². The van der Waals surface area contributed by atoms with Gasteiger partial charge in [0.15, 0.2) is 0 Å². The van der Waals surface area contributed by atoms with E-state index in [-0.39, 0.29) is 5.25 Å². The highest BCUT2D eigenvalue weighted by Crippen LogP contribution is 2.18. The molecule has 0 fully saturated rings. The number of rotatable bonds is 6. The monoisotopic (exact) mass is 255 g/mol. The van der Waals surface area contributed by atoms with Gasteiger partial charge in [-0.3, -0.25) is 4.21 Å². The Morgan fingerprint density at radius 2 is 2.18 bits per heavy atom. The first-order valence-electron chi connectivity index (χ1n) is 5.71. The van der Waals surface area contributed by atoms with Crippen LogP contribution in [0.1, 0.15) is 18.1 Å². The zero-order chi connectivity index (χ0) is 12.8. The second-order valence-electron chi connectivity index (χ2n) is 4.24. The van der Waals surface area contributed by atoms with Gasteiger partial charge < -0.3 is 10.1 Å². The number of hydrogen-bond acceptors (Lipinski definition) is 3. The van der Waals surface area contributed by atoms with Gasteiger partial charge in [-0.05, 0) is 31.0 Å². The molecule has 0 amide bonds. The molecule has 0 saturated heterocycles. The fraction of sp³-hybridized carbons (Fsp3) is 0.538. The van der Waals surface area contributed by atoms with Crippen molar-refractivity contribution >= 4 is 10.8 Å². The van der Waals surface area contributed by atoms with Crippen molar-refractivity contribution < 1.29 is 8.95 Å². The van der Waals surface area contributed by atoms with Crippen LogP contribution in [0.5, 0.6) is 5.75 Å². The van der Waals surface area contributed by atoms with E-state index in [2.05, 4.69) is 11.4 Å². The first-order chi connectivity index (χ1) is 8.04. The van der Waals surface area contributed by atoms with Gasteiger partial charge in [-0.1, -0.05) is 12.1 Å². The maximum absolute atomic E-state index is 11.2. The summed E-state index contributed by atoms with van der Waals surface area (Å²) in [5.41, 5.74) is 2.36. The van der Waals surface area contributed by atoms with E-state index in [1.54, 1.807) is 13.4 Å². The third-order valence-corrected chi connectivity index (χ3v) is 4.09. The van der Waals surface area contributed by atoms with Crippen LogP contribution in [0.4, 0.5) is 0 Å². The average molecular weight is 255 g/mol. The lowest BCUT2D eigenvalue weighted by Crippen LogP contribution is -2.27. The third kappa shape index (κ3) is 4.48. The van der Waals surface area contributed by atoms with Gasteiger partial charge in [0.05, 0.1) is 7.11 Å². The molecule has 0 aliphatic carbocycles. The highest BCUT2D eigenvalue weighted by molar-refractivity contribution is 7.84. The SMILES string of the molecule is COc1ccc(CNCC(C)S(C)=O)cc1C. The molecule has 0 heterocycles. The lowest BCUT2D eigenvalue weighted by atomic mass is 10.1. The normalized spacial score (nSPS) is 14.4. The maximum Gasteiger partial charge on any atom is 0.121 e. The molecule has 0 saturated carbocycles. The molecule has 3 nitrogen and oxygen atoms in total. The molecule has 1 aromatic carbocycles. The predicted octanol–water partition coefficient (Wildman–Crippen LogP) is 1.86. The Balaban J connectivity index is 2.47. The molecule has 2 atom stereocenters. The average Bonchev–Trinajstić information content (AvgIpc) is 2.29. The summed E-state index contributed by atoms with van der Waals surface area (Å²) in [6.07, 6.45) is 1.74.